The molecule has 3 heterocycles. The van der Waals surface area contributed by atoms with Crippen LogP contribution >= 0.6 is 0 Å². The van der Waals surface area contributed by atoms with Crippen LogP contribution in [0.1, 0.15) is 25.8 Å². The van der Waals surface area contributed by atoms with Gasteiger partial charge in [0.1, 0.15) is 6.07 Å². The largest absolute Gasteiger partial charge is 0.379 e. The van der Waals surface area contributed by atoms with E-state index in [0.29, 0.717) is 24.7 Å². The number of ether oxygens (including phenoxy) is 1. The third-order valence-electron chi connectivity index (χ3n) is 5.59. The lowest BCUT2D eigenvalue weighted by molar-refractivity contribution is -0.158. The van der Waals surface area contributed by atoms with Crippen molar-refractivity contribution in [1.29, 1.82) is 5.26 Å². The number of pyridine rings is 1. The van der Waals surface area contributed by atoms with E-state index in [1.54, 1.807) is 6.20 Å². The van der Waals surface area contributed by atoms with Crippen LogP contribution in [0, 0.1) is 22.7 Å². The second-order valence-corrected chi connectivity index (χ2v) is 8.11. The van der Waals surface area contributed by atoms with E-state index >= 15 is 0 Å². The number of hydrogen-bond donors (Lipinski definition) is 1. The summed E-state index contributed by atoms with van der Waals surface area (Å²) < 4.78 is 5.23. The average molecular weight is 364 g/mol. The summed E-state index contributed by atoms with van der Waals surface area (Å²) in [5.41, 5.74) is 2.00. The quantitative estimate of drug-likeness (QED) is 0.905. The number of anilines is 1. The molecule has 0 unspecified atom stereocenters. The number of rotatable bonds is 3. The molecular formula is C21H24N4O2. The molecule has 0 radical (unpaired) electrons. The zero-order chi connectivity index (χ0) is 19.0. The van der Waals surface area contributed by atoms with Gasteiger partial charge in [-0.25, -0.2) is 0 Å². The smallest absolute Gasteiger partial charge is 0.230 e. The van der Waals surface area contributed by atoms with Crippen LogP contribution in [0.5, 0.6) is 0 Å². The molecule has 2 aliphatic heterocycles. The van der Waals surface area contributed by atoms with E-state index in [0.717, 1.165) is 36.1 Å². The van der Waals surface area contributed by atoms with Crippen molar-refractivity contribution in [3.8, 4) is 6.07 Å². The Morgan fingerprint density at radius 3 is 2.89 bits per heavy atom. The maximum atomic E-state index is 12.6. The third-order valence-corrected chi connectivity index (χ3v) is 5.59. The first kappa shape index (κ1) is 17.7. The molecular weight excluding hydrogens is 340 g/mol. The van der Waals surface area contributed by atoms with E-state index in [9.17, 15) is 10.1 Å². The summed E-state index contributed by atoms with van der Waals surface area (Å²) in [5.74, 6) is 0.538. The Morgan fingerprint density at radius 2 is 2.19 bits per heavy atom. The SMILES string of the molecule is C[C@H]1C[C@@H](NC(=O)C2(C)COC2)CN(c2ccc(C#N)c3ncccc23)C1. The van der Waals surface area contributed by atoms with Crippen LogP contribution in [-0.4, -0.2) is 43.2 Å². The molecule has 4 rings (SSSR count). The second-order valence-electron chi connectivity index (χ2n) is 8.11. The molecule has 2 fully saturated rings. The van der Waals surface area contributed by atoms with E-state index < -0.39 is 5.41 Å². The van der Waals surface area contributed by atoms with E-state index in [-0.39, 0.29) is 11.9 Å². The third kappa shape index (κ3) is 3.24. The molecule has 0 saturated carbocycles. The Kier molecular flexibility index (Phi) is 4.48. The molecule has 1 aromatic carbocycles. The topological polar surface area (TPSA) is 78.2 Å². The van der Waals surface area contributed by atoms with Crippen molar-refractivity contribution in [3.63, 3.8) is 0 Å². The Morgan fingerprint density at radius 1 is 1.37 bits per heavy atom. The highest BCUT2D eigenvalue weighted by molar-refractivity contribution is 5.95. The molecule has 2 saturated heterocycles. The molecule has 2 aromatic rings. The predicted molar refractivity (Wildman–Crippen MR) is 103 cm³/mol. The van der Waals surface area contributed by atoms with Crippen LogP contribution in [0.25, 0.3) is 10.9 Å². The van der Waals surface area contributed by atoms with Gasteiger partial charge in [-0.1, -0.05) is 6.92 Å². The minimum Gasteiger partial charge on any atom is -0.379 e. The standard InChI is InChI=1S/C21H24N4O2/c1-14-8-16(24-20(26)21(2)12-27-13-21)11-25(10-14)18-6-5-15(9-22)19-17(18)4-3-7-23-19/h3-7,14,16H,8,10-13H2,1-2H3,(H,24,26)/t14-,16+/m0/s1. The van der Waals surface area contributed by atoms with E-state index in [4.69, 9.17) is 4.74 Å². The normalized spacial score (nSPS) is 24.1. The van der Waals surface area contributed by atoms with Crippen molar-refractivity contribution in [1.82, 2.24) is 10.3 Å². The van der Waals surface area contributed by atoms with Crippen molar-refractivity contribution in [2.75, 3.05) is 31.2 Å². The van der Waals surface area contributed by atoms with Gasteiger partial charge in [-0.05, 0) is 43.5 Å². The lowest BCUT2D eigenvalue weighted by Gasteiger charge is -2.42. The summed E-state index contributed by atoms with van der Waals surface area (Å²) in [4.78, 5) is 19.3. The maximum Gasteiger partial charge on any atom is 0.230 e. The number of carbonyl (C=O) groups is 1. The van der Waals surface area contributed by atoms with Gasteiger partial charge in [0.15, 0.2) is 0 Å². The highest BCUT2D eigenvalue weighted by Crippen LogP contribution is 2.32. The lowest BCUT2D eigenvalue weighted by atomic mass is 9.86. The molecule has 2 aliphatic rings. The number of hydrogen-bond acceptors (Lipinski definition) is 5. The summed E-state index contributed by atoms with van der Waals surface area (Å²) in [6.45, 7) is 6.83. The Hall–Kier alpha value is -2.65. The molecule has 27 heavy (non-hydrogen) atoms. The molecule has 6 nitrogen and oxygen atoms in total. The van der Waals surface area contributed by atoms with Crippen LogP contribution in [-0.2, 0) is 9.53 Å². The summed E-state index contributed by atoms with van der Waals surface area (Å²) in [7, 11) is 0. The van der Waals surface area contributed by atoms with E-state index in [1.165, 1.54) is 0 Å². The average Bonchev–Trinajstić information content (AvgIpc) is 2.64. The molecule has 1 N–H and O–H groups in total. The van der Waals surface area contributed by atoms with Crippen LogP contribution < -0.4 is 10.2 Å². The first-order chi connectivity index (χ1) is 13.0. The fourth-order valence-corrected chi connectivity index (χ4v) is 4.08. The summed E-state index contributed by atoms with van der Waals surface area (Å²) in [6, 6.07) is 10.1. The number of aromatic nitrogens is 1. The molecule has 140 valence electrons. The number of nitriles is 1. The summed E-state index contributed by atoms with van der Waals surface area (Å²) in [6.07, 6.45) is 2.68. The molecule has 1 amide bonds. The zero-order valence-corrected chi connectivity index (χ0v) is 15.7. The first-order valence-corrected chi connectivity index (χ1v) is 9.42. The van der Waals surface area contributed by atoms with Crippen molar-refractivity contribution < 1.29 is 9.53 Å². The fourth-order valence-electron chi connectivity index (χ4n) is 4.08. The van der Waals surface area contributed by atoms with Crippen molar-refractivity contribution >= 4 is 22.5 Å². The highest BCUT2D eigenvalue weighted by atomic mass is 16.5. The molecule has 0 bridgehead atoms. The van der Waals surface area contributed by atoms with Gasteiger partial charge in [-0.2, -0.15) is 5.26 Å². The van der Waals surface area contributed by atoms with Gasteiger partial charge in [0.25, 0.3) is 0 Å². The molecule has 1 aromatic heterocycles. The van der Waals surface area contributed by atoms with Gasteiger partial charge in [0.2, 0.25) is 5.91 Å². The van der Waals surface area contributed by atoms with Gasteiger partial charge >= 0.3 is 0 Å². The molecule has 0 aliphatic carbocycles. The summed E-state index contributed by atoms with van der Waals surface area (Å²) >= 11 is 0. The predicted octanol–water partition coefficient (Wildman–Crippen LogP) is 2.47. The van der Waals surface area contributed by atoms with Gasteiger partial charge < -0.3 is 15.0 Å². The lowest BCUT2D eigenvalue weighted by Crippen LogP contribution is -2.58. The monoisotopic (exact) mass is 364 g/mol. The van der Waals surface area contributed by atoms with Crippen LogP contribution in [0.2, 0.25) is 0 Å². The Balaban J connectivity index is 1.60. The van der Waals surface area contributed by atoms with Crippen LogP contribution in [0.3, 0.4) is 0 Å². The number of nitrogens with one attached hydrogen (secondary N) is 1. The minimum atomic E-state index is -0.392. The van der Waals surface area contributed by atoms with Crippen molar-refractivity contribution in [2.24, 2.45) is 11.3 Å². The highest BCUT2D eigenvalue weighted by Gasteiger charge is 2.42. The Labute approximate surface area is 159 Å². The summed E-state index contributed by atoms with van der Waals surface area (Å²) in [5, 5.41) is 13.6. The zero-order valence-electron chi connectivity index (χ0n) is 15.7. The number of benzene rings is 1. The molecule has 2 atom stereocenters. The number of nitrogens with zero attached hydrogens (tertiary/aromatic N) is 3. The maximum absolute atomic E-state index is 12.6. The van der Waals surface area contributed by atoms with Gasteiger partial charge in [0.05, 0.1) is 29.7 Å². The van der Waals surface area contributed by atoms with Crippen molar-refractivity contribution in [2.45, 2.75) is 26.3 Å². The first-order valence-electron chi connectivity index (χ1n) is 9.42. The number of piperidine rings is 1. The van der Waals surface area contributed by atoms with Crippen molar-refractivity contribution in [3.05, 3.63) is 36.0 Å². The fraction of sp³-hybridized carbons (Fsp3) is 0.476. The van der Waals surface area contributed by atoms with Gasteiger partial charge in [0, 0.05) is 36.4 Å². The molecule has 0 spiro atoms. The van der Waals surface area contributed by atoms with Gasteiger partial charge in [-0.3, -0.25) is 9.78 Å². The Bertz CT molecular complexity index is 916. The molecule has 6 heteroatoms. The second kappa shape index (κ2) is 6.82. The number of amides is 1. The minimum absolute atomic E-state index is 0.0825. The van der Waals surface area contributed by atoms with E-state index in [1.807, 2.05) is 31.2 Å². The van der Waals surface area contributed by atoms with E-state index in [2.05, 4.69) is 28.2 Å². The number of fused-ring (bicyclic) bond motifs is 1. The van der Waals surface area contributed by atoms with Gasteiger partial charge in [-0.15, -0.1) is 0 Å². The number of carbonyl (C=O) groups excluding carboxylic acids is 1. The van der Waals surface area contributed by atoms with Crippen LogP contribution in [0.4, 0.5) is 5.69 Å². The van der Waals surface area contributed by atoms with Crippen LogP contribution in [0.15, 0.2) is 30.5 Å².